The Bertz CT molecular complexity index is 836. The number of hydrogen-bond acceptors (Lipinski definition) is 1. The Balaban J connectivity index is 2.00. The number of aromatic amines is 1. The van der Waals surface area contributed by atoms with Crippen molar-refractivity contribution in [3.63, 3.8) is 0 Å². The Labute approximate surface area is 136 Å². The Hall–Kier alpha value is -1.82. The van der Waals surface area contributed by atoms with Crippen molar-refractivity contribution in [2.45, 2.75) is 13.8 Å². The summed E-state index contributed by atoms with van der Waals surface area (Å²) in [6, 6.07) is 13.6. The molecule has 0 unspecified atom stereocenters. The highest BCUT2D eigenvalue weighted by Crippen LogP contribution is 2.25. The molecule has 1 amide bonds. The molecule has 0 aliphatic carbocycles. The van der Waals surface area contributed by atoms with Gasteiger partial charge in [0, 0.05) is 20.3 Å². The third kappa shape index (κ3) is 2.68. The summed E-state index contributed by atoms with van der Waals surface area (Å²) in [5.41, 5.74) is 4.66. The molecule has 0 fully saturated rings. The number of halogens is 1. The van der Waals surface area contributed by atoms with Crippen LogP contribution in [0.1, 0.15) is 21.6 Å². The first kappa shape index (κ1) is 14.1. The molecular formula is C17H15IN2O. The van der Waals surface area contributed by atoms with Gasteiger partial charge in [0.25, 0.3) is 5.91 Å². The molecule has 3 aromatic rings. The van der Waals surface area contributed by atoms with Crippen molar-refractivity contribution >= 4 is 45.1 Å². The van der Waals surface area contributed by atoms with Crippen LogP contribution in [-0.2, 0) is 0 Å². The Kier molecular flexibility index (Phi) is 3.71. The van der Waals surface area contributed by atoms with Crippen LogP contribution in [0.3, 0.4) is 0 Å². The minimum Gasteiger partial charge on any atom is -0.358 e. The number of hydrogen-bond donors (Lipinski definition) is 2. The minimum atomic E-state index is -0.0937. The number of para-hydroxylation sites is 1. The average molecular weight is 390 g/mol. The van der Waals surface area contributed by atoms with Crippen LogP contribution in [0.4, 0.5) is 5.69 Å². The van der Waals surface area contributed by atoms with E-state index in [9.17, 15) is 4.79 Å². The molecule has 1 aromatic heterocycles. The molecule has 106 valence electrons. The van der Waals surface area contributed by atoms with Crippen LogP contribution < -0.4 is 5.32 Å². The summed E-state index contributed by atoms with van der Waals surface area (Å²) < 4.78 is 1.09. The Morgan fingerprint density at radius 2 is 1.90 bits per heavy atom. The van der Waals surface area contributed by atoms with Crippen molar-refractivity contribution in [2.75, 3.05) is 5.32 Å². The number of H-pyrrole nitrogens is 1. The Morgan fingerprint density at radius 3 is 2.67 bits per heavy atom. The smallest absolute Gasteiger partial charge is 0.257 e. The summed E-state index contributed by atoms with van der Waals surface area (Å²) in [7, 11) is 0. The quantitative estimate of drug-likeness (QED) is 0.616. The number of fused-ring (bicyclic) bond motifs is 1. The first-order valence-corrected chi connectivity index (χ1v) is 7.79. The predicted octanol–water partition coefficient (Wildman–Crippen LogP) is 4.64. The van der Waals surface area contributed by atoms with Crippen molar-refractivity contribution in [1.29, 1.82) is 0 Å². The second-order valence-corrected chi connectivity index (χ2v) is 6.31. The normalized spacial score (nSPS) is 10.8. The largest absolute Gasteiger partial charge is 0.358 e. The molecule has 0 saturated carbocycles. The van der Waals surface area contributed by atoms with E-state index in [4.69, 9.17) is 0 Å². The van der Waals surface area contributed by atoms with E-state index in [1.165, 1.54) is 5.56 Å². The number of amides is 1. The molecule has 2 N–H and O–H groups in total. The lowest BCUT2D eigenvalue weighted by Crippen LogP contribution is -2.12. The fourth-order valence-electron chi connectivity index (χ4n) is 2.44. The first-order chi connectivity index (χ1) is 10.1. The van der Waals surface area contributed by atoms with Crippen molar-refractivity contribution in [3.8, 4) is 0 Å². The maximum atomic E-state index is 12.5. The molecule has 0 radical (unpaired) electrons. The van der Waals surface area contributed by atoms with Gasteiger partial charge < -0.3 is 10.3 Å². The summed E-state index contributed by atoms with van der Waals surface area (Å²) >= 11 is 2.23. The van der Waals surface area contributed by atoms with E-state index in [0.29, 0.717) is 5.56 Å². The van der Waals surface area contributed by atoms with Crippen LogP contribution in [0, 0.1) is 17.4 Å². The molecule has 21 heavy (non-hydrogen) atoms. The van der Waals surface area contributed by atoms with Crippen molar-refractivity contribution in [2.24, 2.45) is 0 Å². The number of rotatable bonds is 2. The number of carbonyl (C=O) groups excluding carboxylic acids is 1. The zero-order valence-electron chi connectivity index (χ0n) is 11.8. The van der Waals surface area contributed by atoms with Crippen LogP contribution in [-0.4, -0.2) is 10.9 Å². The topological polar surface area (TPSA) is 44.9 Å². The van der Waals surface area contributed by atoms with Gasteiger partial charge in [0.15, 0.2) is 0 Å². The molecule has 4 heteroatoms. The van der Waals surface area contributed by atoms with E-state index in [-0.39, 0.29) is 5.91 Å². The van der Waals surface area contributed by atoms with Gasteiger partial charge in [-0.1, -0.05) is 18.2 Å². The van der Waals surface area contributed by atoms with Crippen molar-refractivity contribution < 1.29 is 4.79 Å². The lowest BCUT2D eigenvalue weighted by molar-refractivity contribution is 0.102. The standard InChI is InChI=1S/C17H15IN2O/c1-10-11(2)19-16-14(10)7-4-8-15(16)17(21)20-13-6-3-5-12(18)9-13/h3-9,19H,1-2H3,(H,20,21). The number of aromatic nitrogens is 1. The van der Waals surface area contributed by atoms with Gasteiger partial charge in [0.2, 0.25) is 0 Å². The highest BCUT2D eigenvalue weighted by molar-refractivity contribution is 14.1. The van der Waals surface area contributed by atoms with Crippen LogP contribution in [0.15, 0.2) is 42.5 Å². The van der Waals surface area contributed by atoms with E-state index < -0.39 is 0 Å². The molecule has 0 bridgehead atoms. The molecule has 0 saturated heterocycles. The molecule has 0 aliphatic heterocycles. The maximum Gasteiger partial charge on any atom is 0.257 e. The molecule has 0 atom stereocenters. The van der Waals surface area contributed by atoms with Crippen molar-refractivity contribution in [1.82, 2.24) is 4.98 Å². The van der Waals surface area contributed by atoms with Gasteiger partial charge in [-0.15, -0.1) is 0 Å². The number of carbonyl (C=O) groups is 1. The highest BCUT2D eigenvalue weighted by atomic mass is 127. The van der Waals surface area contributed by atoms with E-state index in [0.717, 1.165) is 25.9 Å². The van der Waals surface area contributed by atoms with E-state index >= 15 is 0 Å². The molecule has 1 heterocycles. The number of benzene rings is 2. The third-order valence-corrected chi connectivity index (χ3v) is 4.34. The van der Waals surface area contributed by atoms with E-state index in [1.807, 2.05) is 49.4 Å². The highest BCUT2D eigenvalue weighted by Gasteiger charge is 2.14. The number of anilines is 1. The fraction of sp³-hybridized carbons (Fsp3) is 0.118. The van der Waals surface area contributed by atoms with Crippen molar-refractivity contribution in [3.05, 3.63) is 62.9 Å². The first-order valence-electron chi connectivity index (χ1n) is 6.71. The molecule has 0 aliphatic rings. The summed E-state index contributed by atoms with van der Waals surface area (Å²) in [5, 5.41) is 4.06. The molecule has 0 spiro atoms. The SMILES string of the molecule is Cc1[nH]c2c(C(=O)Nc3cccc(I)c3)cccc2c1C. The molecular weight excluding hydrogens is 375 g/mol. The lowest BCUT2D eigenvalue weighted by Gasteiger charge is -2.07. The Morgan fingerprint density at radius 1 is 1.14 bits per heavy atom. The summed E-state index contributed by atoms with van der Waals surface area (Å²) in [6.45, 7) is 4.09. The summed E-state index contributed by atoms with van der Waals surface area (Å²) in [5.74, 6) is -0.0937. The fourth-order valence-corrected chi connectivity index (χ4v) is 2.98. The molecule has 2 aromatic carbocycles. The van der Waals surface area contributed by atoms with Gasteiger partial charge in [-0.25, -0.2) is 0 Å². The number of nitrogens with one attached hydrogen (secondary N) is 2. The molecule has 3 nitrogen and oxygen atoms in total. The van der Waals surface area contributed by atoms with Crippen LogP contribution in [0.2, 0.25) is 0 Å². The maximum absolute atomic E-state index is 12.5. The monoisotopic (exact) mass is 390 g/mol. The van der Waals surface area contributed by atoms with Crippen LogP contribution in [0.25, 0.3) is 10.9 Å². The van der Waals surface area contributed by atoms with E-state index in [1.54, 1.807) is 0 Å². The average Bonchev–Trinajstić information content (AvgIpc) is 2.74. The second-order valence-electron chi connectivity index (χ2n) is 5.07. The van der Waals surface area contributed by atoms with Crippen LogP contribution >= 0.6 is 22.6 Å². The predicted molar refractivity (Wildman–Crippen MR) is 94.9 cm³/mol. The van der Waals surface area contributed by atoms with Crippen LogP contribution in [0.5, 0.6) is 0 Å². The van der Waals surface area contributed by atoms with Gasteiger partial charge in [-0.3, -0.25) is 4.79 Å². The van der Waals surface area contributed by atoms with Gasteiger partial charge in [0.1, 0.15) is 0 Å². The van der Waals surface area contributed by atoms with Gasteiger partial charge in [0.05, 0.1) is 11.1 Å². The zero-order chi connectivity index (χ0) is 15.0. The number of aryl methyl sites for hydroxylation is 2. The van der Waals surface area contributed by atoms with Gasteiger partial charge in [-0.2, -0.15) is 0 Å². The second kappa shape index (κ2) is 5.52. The van der Waals surface area contributed by atoms with E-state index in [2.05, 4.69) is 39.8 Å². The lowest BCUT2D eigenvalue weighted by atomic mass is 10.1. The van der Waals surface area contributed by atoms with Gasteiger partial charge in [-0.05, 0) is 66.3 Å². The molecule has 3 rings (SSSR count). The third-order valence-electron chi connectivity index (χ3n) is 3.67. The van der Waals surface area contributed by atoms with Gasteiger partial charge >= 0.3 is 0 Å². The minimum absolute atomic E-state index is 0.0937. The summed E-state index contributed by atoms with van der Waals surface area (Å²) in [6.07, 6.45) is 0. The zero-order valence-corrected chi connectivity index (χ0v) is 14.0. The summed E-state index contributed by atoms with van der Waals surface area (Å²) in [4.78, 5) is 15.8.